The van der Waals surface area contributed by atoms with E-state index in [-0.39, 0.29) is 17.3 Å². The van der Waals surface area contributed by atoms with Crippen LogP contribution >= 0.6 is 0 Å². The molecule has 180 valence electrons. The summed E-state index contributed by atoms with van der Waals surface area (Å²) >= 11 is 0. The van der Waals surface area contributed by atoms with Crippen molar-refractivity contribution in [3.05, 3.63) is 76.2 Å². The molecule has 11 heteroatoms. The number of aromatic nitrogens is 2. The van der Waals surface area contributed by atoms with Crippen LogP contribution in [0, 0.1) is 6.92 Å². The van der Waals surface area contributed by atoms with Crippen molar-refractivity contribution in [2.24, 2.45) is 7.05 Å². The number of amides is 2. The van der Waals surface area contributed by atoms with Gasteiger partial charge in [0.05, 0.1) is 23.3 Å². The van der Waals surface area contributed by atoms with E-state index in [0.29, 0.717) is 16.9 Å². The lowest BCUT2D eigenvalue weighted by molar-refractivity contribution is -0.114. The van der Waals surface area contributed by atoms with Crippen LogP contribution in [0.3, 0.4) is 0 Å². The lowest BCUT2D eigenvalue weighted by Gasteiger charge is -2.22. The summed E-state index contributed by atoms with van der Waals surface area (Å²) in [5.41, 5.74) is 1.38. The van der Waals surface area contributed by atoms with E-state index in [4.69, 9.17) is 0 Å². The van der Waals surface area contributed by atoms with Gasteiger partial charge in [-0.3, -0.25) is 23.4 Å². The Balaban J connectivity index is 1.87. The highest BCUT2D eigenvalue weighted by atomic mass is 32.2. The first-order chi connectivity index (χ1) is 15.9. The van der Waals surface area contributed by atoms with E-state index in [2.05, 4.69) is 5.32 Å². The third kappa shape index (κ3) is 5.04. The van der Waals surface area contributed by atoms with Crippen LogP contribution in [0.25, 0.3) is 5.69 Å². The Morgan fingerprint density at radius 1 is 1.00 bits per heavy atom. The van der Waals surface area contributed by atoms with Crippen molar-refractivity contribution < 1.29 is 18.0 Å². The first-order valence-corrected chi connectivity index (χ1v) is 12.2. The standard InChI is InChI=1S/C23H27N5O5S/c1-16-21(23(31)28(26(16)4)19-9-7-6-8-10-19)24-20(29)15-27(34(5,32)33)18-13-11-17(12-14-18)22(30)25(2)3/h6-14H,15H2,1-5H3,(H,24,29). The minimum atomic E-state index is -3.83. The lowest BCUT2D eigenvalue weighted by Crippen LogP contribution is -2.38. The number of hydrogen-bond acceptors (Lipinski definition) is 5. The van der Waals surface area contributed by atoms with Gasteiger partial charge in [-0.15, -0.1) is 0 Å². The fourth-order valence-corrected chi connectivity index (χ4v) is 4.31. The number of carbonyl (C=O) groups excluding carboxylic acids is 2. The second-order valence-corrected chi connectivity index (χ2v) is 9.91. The Hall–Kier alpha value is -3.86. The summed E-state index contributed by atoms with van der Waals surface area (Å²) in [6, 6.07) is 14.9. The zero-order valence-electron chi connectivity index (χ0n) is 19.6. The second-order valence-electron chi connectivity index (χ2n) is 8.00. The van der Waals surface area contributed by atoms with Crippen LogP contribution in [0.4, 0.5) is 11.4 Å². The number of rotatable bonds is 7. The Morgan fingerprint density at radius 2 is 1.59 bits per heavy atom. The molecule has 1 heterocycles. The third-order valence-corrected chi connectivity index (χ3v) is 6.46. The van der Waals surface area contributed by atoms with Gasteiger partial charge in [-0.25, -0.2) is 13.1 Å². The van der Waals surface area contributed by atoms with E-state index >= 15 is 0 Å². The number of nitrogens with zero attached hydrogens (tertiary/aromatic N) is 4. The van der Waals surface area contributed by atoms with Gasteiger partial charge in [0.1, 0.15) is 12.2 Å². The van der Waals surface area contributed by atoms with E-state index in [1.807, 2.05) is 6.07 Å². The molecule has 2 aromatic carbocycles. The molecular weight excluding hydrogens is 458 g/mol. The molecule has 0 saturated carbocycles. The van der Waals surface area contributed by atoms with Crippen molar-refractivity contribution in [3.63, 3.8) is 0 Å². The molecule has 1 N–H and O–H groups in total. The van der Waals surface area contributed by atoms with Gasteiger partial charge in [0.25, 0.3) is 11.5 Å². The molecular formula is C23H27N5O5S. The lowest BCUT2D eigenvalue weighted by atomic mass is 10.2. The average Bonchev–Trinajstić information content (AvgIpc) is 3.00. The highest BCUT2D eigenvalue weighted by Crippen LogP contribution is 2.20. The smallest absolute Gasteiger partial charge is 0.295 e. The molecule has 0 unspecified atom stereocenters. The van der Waals surface area contributed by atoms with Crippen LogP contribution in [-0.4, -0.2) is 61.4 Å². The van der Waals surface area contributed by atoms with Crippen LogP contribution < -0.4 is 15.2 Å². The van der Waals surface area contributed by atoms with Crippen molar-refractivity contribution in [2.75, 3.05) is 36.5 Å². The van der Waals surface area contributed by atoms with Gasteiger partial charge < -0.3 is 10.2 Å². The van der Waals surface area contributed by atoms with E-state index < -0.39 is 28.0 Å². The molecule has 0 aliphatic rings. The number of sulfonamides is 1. The molecule has 0 saturated heterocycles. The van der Waals surface area contributed by atoms with Crippen LogP contribution in [0.5, 0.6) is 0 Å². The third-order valence-electron chi connectivity index (χ3n) is 5.31. The van der Waals surface area contributed by atoms with Gasteiger partial charge in [0.2, 0.25) is 15.9 Å². The molecule has 0 atom stereocenters. The van der Waals surface area contributed by atoms with Crippen molar-refractivity contribution in [1.82, 2.24) is 14.3 Å². The van der Waals surface area contributed by atoms with Gasteiger partial charge in [-0.1, -0.05) is 18.2 Å². The summed E-state index contributed by atoms with van der Waals surface area (Å²) in [4.78, 5) is 39.3. The van der Waals surface area contributed by atoms with E-state index in [0.717, 1.165) is 10.6 Å². The molecule has 10 nitrogen and oxygen atoms in total. The molecule has 3 rings (SSSR count). The van der Waals surface area contributed by atoms with Gasteiger partial charge in [-0.05, 0) is 43.3 Å². The predicted octanol–water partition coefficient (Wildman–Crippen LogP) is 1.59. The first kappa shape index (κ1) is 24.8. The van der Waals surface area contributed by atoms with Crippen molar-refractivity contribution in [2.45, 2.75) is 6.92 Å². The van der Waals surface area contributed by atoms with Gasteiger partial charge >= 0.3 is 0 Å². The number of hydrogen-bond donors (Lipinski definition) is 1. The number of anilines is 2. The molecule has 0 spiro atoms. The number of para-hydroxylation sites is 1. The highest BCUT2D eigenvalue weighted by molar-refractivity contribution is 7.92. The normalized spacial score (nSPS) is 11.2. The van der Waals surface area contributed by atoms with Crippen molar-refractivity contribution in [3.8, 4) is 5.69 Å². The largest absolute Gasteiger partial charge is 0.345 e. The summed E-state index contributed by atoms with van der Waals surface area (Å²) < 4.78 is 28.8. The Morgan fingerprint density at radius 3 is 2.12 bits per heavy atom. The van der Waals surface area contributed by atoms with Crippen LogP contribution in [0.15, 0.2) is 59.4 Å². The quantitative estimate of drug-likeness (QED) is 0.546. The summed E-state index contributed by atoms with van der Waals surface area (Å²) in [6.45, 7) is 1.14. The number of nitrogens with one attached hydrogen (secondary N) is 1. The van der Waals surface area contributed by atoms with E-state index in [9.17, 15) is 22.8 Å². The topological polar surface area (TPSA) is 114 Å². The summed E-state index contributed by atoms with van der Waals surface area (Å²) in [5.74, 6) is -0.908. The monoisotopic (exact) mass is 485 g/mol. The summed E-state index contributed by atoms with van der Waals surface area (Å²) in [6.07, 6.45) is 0.981. The van der Waals surface area contributed by atoms with Crippen LogP contribution in [0.2, 0.25) is 0 Å². The predicted molar refractivity (Wildman–Crippen MR) is 131 cm³/mol. The minimum Gasteiger partial charge on any atom is -0.345 e. The Kier molecular flexibility index (Phi) is 6.96. The molecule has 0 aliphatic carbocycles. The molecule has 0 bridgehead atoms. The fourth-order valence-electron chi connectivity index (χ4n) is 3.45. The van der Waals surface area contributed by atoms with E-state index in [1.165, 1.54) is 33.8 Å². The van der Waals surface area contributed by atoms with Crippen LogP contribution in [-0.2, 0) is 21.9 Å². The average molecular weight is 486 g/mol. The first-order valence-electron chi connectivity index (χ1n) is 10.3. The minimum absolute atomic E-state index is 0.0664. The number of carbonyl (C=O) groups is 2. The molecule has 0 fully saturated rings. The molecule has 1 aromatic heterocycles. The van der Waals surface area contributed by atoms with Gasteiger partial charge in [0.15, 0.2) is 0 Å². The maximum atomic E-state index is 13.0. The molecule has 0 radical (unpaired) electrons. The maximum absolute atomic E-state index is 13.0. The molecule has 3 aromatic rings. The molecule has 34 heavy (non-hydrogen) atoms. The Bertz CT molecular complexity index is 1370. The second kappa shape index (κ2) is 9.56. The Labute approximate surface area is 198 Å². The summed E-state index contributed by atoms with van der Waals surface area (Å²) in [7, 11) is 1.08. The summed E-state index contributed by atoms with van der Waals surface area (Å²) in [5, 5.41) is 2.57. The maximum Gasteiger partial charge on any atom is 0.295 e. The fraction of sp³-hybridized carbons (Fsp3) is 0.261. The SMILES string of the molecule is Cc1c(NC(=O)CN(c2ccc(C(=O)N(C)C)cc2)S(C)(=O)=O)c(=O)n(-c2ccccc2)n1C. The van der Waals surface area contributed by atoms with E-state index in [1.54, 1.807) is 57.0 Å². The zero-order valence-corrected chi connectivity index (χ0v) is 20.5. The van der Waals surface area contributed by atoms with Gasteiger partial charge in [0, 0.05) is 26.7 Å². The number of benzene rings is 2. The van der Waals surface area contributed by atoms with Crippen molar-refractivity contribution in [1.29, 1.82) is 0 Å². The zero-order chi connectivity index (χ0) is 25.2. The molecule has 0 aliphatic heterocycles. The highest BCUT2D eigenvalue weighted by Gasteiger charge is 2.24. The van der Waals surface area contributed by atoms with Crippen molar-refractivity contribution >= 4 is 33.2 Å². The van der Waals surface area contributed by atoms with Gasteiger partial charge in [-0.2, -0.15) is 0 Å². The molecule has 2 amide bonds. The van der Waals surface area contributed by atoms with Crippen LogP contribution in [0.1, 0.15) is 16.1 Å².